The average Bonchev–Trinajstić information content (AvgIpc) is 3.45. The molecule has 2 aliphatic heterocycles. The van der Waals surface area contributed by atoms with Gasteiger partial charge in [0.1, 0.15) is 6.54 Å². The number of ketones is 1. The van der Waals surface area contributed by atoms with Crippen molar-refractivity contribution >= 4 is 28.5 Å². The molecule has 2 aromatic rings. The van der Waals surface area contributed by atoms with E-state index < -0.39 is 23.8 Å². The number of ether oxygens (including phenoxy) is 3. The molecule has 0 bridgehead atoms. The molecule has 9 nitrogen and oxygen atoms in total. The lowest BCUT2D eigenvalue weighted by atomic mass is 10.1. The summed E-state index contributed by atoms with van der Waals surface area (Å²) < 4.78 is 17.9. The predicted molar refractivity (Wildman–Crippen MR) is 120 cm³/mol. The third kappa shape index (κ3) is 4.85. The van der Waals surface area contributed by atoms with E-state index in [1.54, 1.807) is 35.0 Å². The van der Waals surface area contributed by atoms with Gasteiger partial charge in [-0.3, -0.25) is 14.4 Å². The van der Waals surface area contributed by atoms with Gasteiger partial charge < -0.3 is 29.0 Å². The highest BCUT2D eigenvalue weighted by Gasteiger charge is 2.37. The van der Waals surface area contributed by atoms with Crippen molar-refractivity contribution in [3.8, 4) is 0 Å². The Balaban J connectivity index is 1.49. The fourth-order valence-corrected chi connectivity index (χ4v) is 4.27. The van der Waals surface area contributed by atoms with Gasteiger partial charge in [0.15, 0.2) is 6.29 Å². The van der Waals surface area contributed by atoms with Gasteiger partial charge in [0.05, 0.1) is 12.1 Å². The Hall–Kier alpha value is -3.01. The summed E-state index contributed by atoms with van der Waals surface area (Å²) in [6, 6.07) is 7.27. The monoisotopic (exact) mass is 455 g/mol. The van der Waals surface area contributed by atoms with Crippen LogP contribution in [0.25, 0.3) is 10.9 Å². The lowest BCUT2D eigenvalue weighted by Gasteiger charge is -2.27. The lowest BCUT2D eigenvalue weighted by molar-refractivity contribution is -0.238. The van der Waals surface area contributed by atoms with Crippen LogP contribution in [0.5, 0.6) is 0 Å². The molecule has 1 N–H and O–H groups in total. The van der Waals surface area contributed by atoms with E-state index in [2.05, 4.69) is 5.32 Å². The highest BCUT2D eigenvalue weighted by Crippen LogP contribution is 2.25. The molecule has 3 heterocycles. The van der Waals surface area contributed by atoms with Crippen LogP contribution in [0.1, 0.15) is 29.6 Å². The van der Waals surface area contributed by atoms with Crippen LogP contribution < -0.4 is 5.32 Å². The Morgan fingerprint density at radius 1 is 1.15 bits per heavy atom. The van der Waals surface area contributed by atoms with Crippen molar-refractivity contribution in [2.45, 2.75) is 37.9 Å². The van der Waals surface area contributed by atoms with Gasteiger partial charge in [-0.05, 0) is 37.5 Å². The number of likely N-dealkylation sites (tertiary alicyclic amines) is 1. The molecule has 1 saturated heterocycles. The number of para-hydroxylation sites is 1. The Bertz CT molecular complexity index is 1070. The fraction of sp³-hybridized carbons (Fsp3) is 0.458. The number of fused-ring (bicyclic) bond motifs is 1. The smallest absolute Gasteiger partial charge is 0.292 e. The number of hydrogen-bond donors (Lipinski definition) is 1. The van der Waals surface area contributed by atoms with E-state index in [0.717, 1.165) is 37.9 Å². The topological polar surface area (TPSA) is 99.1 Å². The molecule has 1 fully saturated rings. The van der Waals surface area contributed by atoms with E-state index in [0.29, 0.717) is 5.39 Å². The normalized spacial score (nSPS) is 22.6. The minimum absolute atomic E-state index is 0.0128. The third-order valence-electron chi connectivity index (χ3n) is 6.15. The predicted octanol–water partition coefficient (Wildman–Crippen LogP) is 1.85. The number of methoxy groups -OCH3 is 2. The minimum Gasteiger partial charge on any atom is -0.352 e. The van der Waals surface area contributed by atoms with Crippen molar-refractivity contribution in [3.05, 3.63) is 48.2 Å². The van der Waals surface area contributed by atoms with Gasteiger partial charge in [0.2, 0.25) is 11.7 Å². The SMILES string of the molecule is COC1C=CC(CNC(=O)C(=O)c2cn(CC(=O)N3CCCCC3)c3ccccc23)(OC)O1. The summed E-state index contributed by atoms with van der Waals surface area (Å²) in [5.41, 5.74) is 0.982. The van der Waals surface area contributed by atoms with Crippen LogP contribution >= 0.6 is 0 Å². The van der Waals surface area contributed by atoms with Crippen molar-refractivity contribution in [1.82, 2.24) is 14.8 Å². The number of piperidine rings is 1. The van der Waals surface area contributed by atoms with Gasteiger partial charge in [-0.15, -0.1) is 0 Å². The van der Waals surface area contributed by atoms with Gasteiger partial charge >= 0.3 is 0 Å². The molecular formula is C24H29N3O6. The quantitative estimate of drug-likeness (QED) is 0.371. The number of benzene rings is 1. The molecule has 0 spiro atoms. The van der Waals surface area contributed by atoms with Crippen LogP contribution in [-0.2, 0) is 30.3 Å². The zero-order valence-corrected chi connectivity index (χ0v) is 18.9. The highest BCUT2D eigenvalue weighted by atomic mass is 16.8. The van der Waals surface area contributed by atoms with Crippen molar-refractivity contribution < 1.29 is 28.6 Å². The first-order chi connectivity index (χ1) is 16.0. The van der Waals surface area contributed by atoms with Gasteiger partial charge in [0.25, 0.3) is 11.7 Å². The van der Waals surface area contributed by atoms with E-state index >= 15 is 0 Å². The first-order valence-corrected chi connectivity index (χ1v) is 11.1. The van der Waals surface area contributed by atoms with E-state index in [-0.39, 0.29) is 24.6 Å². The van der Waals surface area contributed by atoms with E-state index in [4.69, 9.17) is 14.2 Å². The Labute approximate surface area is 192 Å². The standard InChI is InChI=1S/C24H29N3O6/c1-31-21-10-11-24(32-2,33-21)16-25-23(30)22(29)18-14-27(19-9-5-4-8-17(18)19)15-20(28)26-12-6-3-7-13-26/h4-5,8-11,14,21H,3,6-7,12-13,15-16H2,1-2H3,(H,25,30). The van der Waals surface area contributed by atoms with Gasteiger partial charge in [-0.2, -0.15) is 0 Å². The molecule has 2 amide bonds. The Kier molecular flexibility index (Phi) is 6.92. The molecule has 2 atom stereocenters. The molecule has 2 unspecified atom stereocenters. The van der Waals surface area contributed by atoms with Crippen LogP contribution in [0.2, 0.25) is 0 Å². The summed E-state index contributed by atoms with van der Waals surface area (Å²) in [5, 5.41) is 3.22. The molecule has 176 valence electrons. The molecule has 9 heteroatoms. The van der Waals surface area contributed by atoms with Crippen molar-refractivity contribution in [2.24, 2.45) is 0 Å². The number of nitrogens with zero attached hydrogens (tertiary/aromatic N) is 2. The van der Waals surface area contributed by atoms with Crippen molar-refractivity contribution in [2.75, 3.05) is 33.9 Å². The summed E-state index contributed by atoms with van der Waals surface area (Å²) >= 11 is 0. The maximum Gasteiger partial charge on any atom is 0.292 e. The number of Topliss-reactive ketones (excluding diaryl/α,β-unsaturated/α-hetero) is 1. The lowest BCUT2D eigenvalue weighted by Crippen LogP contribution is -2.46. The zero-order valence-electron chi connectivity index (χ0n) is 18.9. The third-order valence-corrected chi connectivity index (χ3v) is 6.15. The second-order valence-electron chi connectivity index (χ2n) is 8.24. The second kappa shape index (κ2) is 9.86. The van der Waals surface area contributed by atoms with Crippen LogP contribution in [0.15, 0.2) is 42.6 Å². The van der Waals surface area contributed by atoms with Crippen LogP contribution in [-0.4, -0.2) is 73.0 Å². The number of amides is 2. The van der Waals surface area contributed by atoms with E-state index in [9.17, 15) is 14.4 Å². The second-order valence-corrected chi connectivity index (χ2v) is 8.24. The molecule has 4 rings (SSSR count). The van der Waals surface area contributed by atoms with Gasteiger partial charge in [-0.25, -0.2) is 0 Å². The summed E-state index contributed by atoms with van der Waals surface area (Å²) in [7, 11) is 2.94. The Morgan fingerprint density at radius 2 is 1.91 bits per heavy atom. The number of hydrogen-bond acceptors (Lipinski definition) is 6. The molecule has 0 aliphatic carbocycles. The number of carbonyl (C=O) groups is 3. The maximum absolute atomic E-state index is 13.0. The largest absolute Gasteiger partial charge is 0.352 e. The van der Waals surface area contributed by atoms with E-state index in [1.807, 2.05) is 17.0 Å². The van der Waals surface area contributed by atoms with Crippen molar-refractivity contribution in [3.63, 3.8) is 0 Å². The molecule has 0 saturated carbocycles. The summed E-state index contributed by atoms with van der Waals surface area (Å²) in [4.78, 5) is 40.4. The molecular weight excluding hydrogens is 426 g/mol. The van der Waals surface area contributed by atoms with E-state index in [1.165, 1.54) is 14.2 Å². The summed E-state index contributed by atoms with van der Waals surface area (Å²) in [6.07, 6.45) is 7.47. The van der Waals surface area contributed by atoms with Crippen LogP contribution in [0.3, 0.4) is 0 Å². The number of aromatic nitrogens is 1. The number of carbonyl (C=O) groups excluding carboxylic acids is 3. The minimum atomic E-state index is -1.20. The van der Waals surface area contributed by atoms with Gasteiger partial charge in [-0.1, -0.05) is 18.2 Å². The number of nitrogens with one attached hydrogen (secondary N) is 1. The molecule has 0 radical (unpaired) electrons. The summed E-state index contributed by atoms with van der Waals surface area (Å²) in [5.74, 6) is -2.66. The fourth-order valence-electron chi connectivity index (χ4n) is 4.27. The molecule has 33 heavy (non-hydrogen) atoms. The zero-order chi connectivity index (χ0) is 23.4. The number of rotatable bonds is 8. The molecule has 2 aliphatic rings. The summed E-state index contributed by atoms with van der Waals surface area (Å²) in [6.45, 7) is 1.58. The van der Waals surface area contributed by atoms with Gasteiger partial charge in [0, 0.05) is 44.4 Å². The van der Waals surface area contributed by atoms with Crippen LogP contribution in [0, 0.1) is 0 Å². The molecule has 1 aromatic carbocycles. The Morgan fingerprint density at radius 3 is 2.61 bits per heavy atom. The highest BCUT2D eigenvalue weighted by molar-refractivity contribution is 6.45. The molecule has 1 aromatic heterocycles. The van der Waals surface area contributed by atoms with Crippen molar-refractivity contribution in [1.29, 1.82) is 0 Å². The first-order valence-electron chi connectivity index (χ1n) is 11.1. The average molecular weight is 456 g/mol. The first kappa shape index (κ1) is 23.2. The van der Waals surface area contributed by atoms with Crippen LogP contribution in [0.4, 0.5) is 0 Å². The maximum atomic E-state index is 13.0.